The lowest BCUT2D eigenvalue weighted by molar-refractivity contribution is -0.137. The second kappa shape index (κ2) is 6.68. The Bertz CT molecular complexity index is 387. The van der Waals surface area contributed by atoms with E-state index in [4.69, 9.17) is 9.52 Å². The number of hydrogen-bond donors (Lipinski definition) is 3. The number of rotatable bonds is 6. The first-order valence-corrected chi connectivity index (χ1v) is 5.76. The second-order valence-corrected chi connectivity index (χ2v) is 4.41. The molecule has 6 heteroatoms. The Kier molecular flexibility index (Phi) is 5.23. The highest BCUT2D eigenvalue weighted by Gasteiger charge is 2.19. The first-order chi connectivity index (χ1) is 8.49. The summed E-state index contributed by atoms with van der Waals surface area (Å²) in [5.74, 6) is -0.871. The largest absolute Gasteiger partial charge is 0.481 e. The van der Waals surface area contributed by atoms with Crippen molar-refractivity contribution >= 4 is 12.0 Å². The number of aliphatic carboxylic acids is 1. The molecular formula is C12H18N2O4. The summed E-state index contributed by atoms with van der Waals surface area (Å²) in [5, 5.41) is 14.0. The van der Waals surface area contributed by atoms with Crippen LogP contribution in [0.3, 0.4) is 0 Å². The first kappa shape index (κ1) is 14.1. The maximum atomic E-state index is 11.6. The van der Waals surface area contributed by atoms with Crippen molar-refractivity contribution in [1.82, 2.24) is 10.6 Å². The van der Waals surface area contributed by atoms with E-state index in [-0.39, 0.29) is 24.4 Å². The van der Waals surface area contributed by atoms with E-state index in [9.17, 15) is 9.59 Å². The van der Waals surface area contributed by atoms with Gasteiger partial charge in [0.15, 0.2) is 0 Å². The van der Waals surface area contributed by atoms with Gasteiger partial charge in [-0.25, -0.2) is 4.79 Å². The number of carbonyl (C=O) groups is 2. The van der Waals surface area contributed by atoms with Gasteiger partial charge in [0.1, 0.15) is 0 Å². The van der Waals surface area contributed by atoms with Crippen LogP contribution < -0.4 is 10.6 Å². The van der Waals surface area contributed by atoms with Gasteiger partial charge < -0.3 is 20.2 Å². The topological polar surface area (TPSA) is 91.6 Å². The van der Waals surface area contributed by atoms with Gasteiger partial charge in [-0.05, 0) is 12.0 Å². The van der Waals surface area contributed by atoms with Gasteiger partial charge in [0, 0.05) is 18.2 Å². The fourth-order valence-corrected chi connectivity index (χ4v) is 1.44. The third kappa shape index (κ3) is 4.90. The van der Waals surface area contributed by atoms with Crippen LogP contribution in [0.5, 0.6) is 0 Å². The van der Waals surface area contributed by atoms with Gasteiger partial charge in [-0.15, -0.1) is 0 Å². The number of carbonyl (C=O) groups excluding carboxylic acids is 1. The SMILES string of the molecule is CC(C)C(CC(=O)O)NC(=O)NCc1ccoc1. The van der Waals surface area contributed by atoms with Crippen LogP contribution in [0.25, 0.3) is 0 Å². The van der Waals surface area contributed by atoms with Gasteiger partial charge in [0.25, 0.3) is 0 Å². The van der Waals surface area contributed by atoms with E-state index < -0.39 is 5.97 Å². The maximum Gasteiger partial charge on any atom is 0.315 e. The molecule has 0 saturated carbocycles. The molecule has 1 aromatic rings. The van der Waals surface area contributed by atoms with Gasteiger partial charge >= 0.3 is 12.0 Å². The van der Waals surface area contributed by atoms with Crippen LogP contribution >= 0.6 is 0 Å². The molecule has 1 heterocycles. The number of carboxylic acid groups (broad SMARTS) is 1. The molecule has 18 heavy (non-hydrogen) atoms. The Morgan fingerprint density at radius 2 is 2.17 bits per heavy atom. The van der Waals surface area contributed by atoms with Crippen LogP contribution in [-0.4, -0.2) is 23.1 Å². The van der Waals surface area contributed by atoms with Crippen molar-refractivity contribution in [2.75, 3.05) is 0 Å². The lowest BCUT2D eigenvalue weighted by atomic mass is 10.0. The van der Waals surface area contributed by atoms with E-state index in [0.29, 0.717) is 6.54 Å². The molecule has 3 N–H and O–H groups in total. The van der Waals surface area contributed by atoms with E-state index in [1.807, 2.05) is 13.8 Å². The number of nitrogens with one attached hydrogen (secondary N) is 2. The van der Waals surface area contributed by atoms with Gasteiger partial charge in [-0.1, -0.05) is 13.8 Å². The number of carboxylic acids is 1. The van der Waals surface area contributed by atoms with E-state index in [1.165, 1.54) is 12.5 Å². The number of amides is 2. The standard InChI is InChI=1S/C12H18N2O4/c1-8(2)10(5-11(15)16)14-12(17)13-6-9-3-4-18-7-9/h3-4,7-8,10H,5-6H2,1-2H3,(H,15,16)(H2,13,14,17). The Hall–Kier alpha value is -1.98. The number of urea groups is 1. The fraction of sp³-hybridized carbons (Fsp3) is 0.500. The first-order valence-electron chi connectivity index (χ1n) is 5.76. The summed E-state index contributed by atoms with van der Waals surface area (Å²) in [4.78, 5) is 22.2. The van der Waals surface area contributed by atoms with Gasteiger partial charge in [-0.3, -0.25) is 4.79 Å². The molecule has 0 radical (unpaired) electrons. The maximum absolute atomic E-state index is 11.6. The monoisotopic (exact) mass is 254 g/mol. The van der Waals surface area contributed by atoms with Gasteiger partial charge in [0.05, 0.1) is 18.9 Å². The summed E-state index contributed by atoms with van der Waals surface area (Å²) in [6.45, 7) is 4.08. The molecule has 0 aliphatic heterocycles. The average Bonchev–Trinajstić information content (AvgIpc) is 2.77. The molecule has 1 atom stereocenters. The number of hydrogen-bond acceptors (Lipinski definition) is 3. The van der Waals surface area contributed by atoms with E-state index in [0.717, 1.165) is 5.56 Å². The Labute approximate surface area is 105 Å². The predicted octanol–water partition coefficient (Wildman–Crippen LogP) is 1.58. The average molecular weight is 254 g/mol. The van der Waals surface area contributed by atoms with E-state index in [2.05, 4.69) is 10.6 Å². The lowest BCUT2D eigenvalue weighted by Gasteiger charge is -2.20. The molecule has 0 aromatic carbocycles. The second-order valence-electron chi connectivity index (χ2n) is 4.41. The normalized spacial score (nSPS) is 12.2. The fourth-order valence-electron chi connectivity index (χ4n) is 1.44. The summed E-state index contributed by atoms with van der Waals surface area (Å²) in [7, 11) is 0. The zero-order valence-corrected chi connectivity index (χ0v) is 10.5. The van der Waals surface area contributed by atoms with Crippen molar-refractivity contribution in [2.45, 2.75) is 32.9 Å². The molecule has 0 fully saturated rings. The van der Waals surface area contributed by atoms with Crippen molar-refractivity contribution in [3.05, 3.63) is 24.2 Å². The zero-order chi connectivity index (χ0) is 13.5. The van der Waals surface area contributed by atoms with Crippen LogP contribution in [0.2, 0.25) is 0 Å². The van der Waals surface area contributed by atoms with Gasteiger partial charge in [0.2, 0.25) is 0 Å². The van der Waals surface area contributed by atoms with Crippen LogP contribution in [0.4, 0.5) is 4.79 Å². The Balaban J connectivity index is 2.38. The summed E-state index contributed by atoms with van der Waals surface area (Å²) in [6.07, 6.45) is 2.98. The minimum atomic E-state index is -0.927. The molecule has 0 aliphatic carbocycles. The van der Waals surface area contributed by atoms with Crippen LogP contribution in [0.15, 0.2) is 23.0 Å². The molecule has 2 amide bonds. The highest BCUT2D eigenvalue weighted by molar-refractivity contribution is 5.75. The minimum Gasteiger partial charge on any atom is -0.481 e. The van der Waals surface area contributed by atoms with Crippen molar-refractivity contribution in [2.24, 2.45) is 5.92 Å². The van der Waals surface area contributed by atoms with Crippen molar-refractivity contribution < 1.29 is 19.1 Å². The molecule has 0 saturated heterocycles. The van der Waals surface area contributed by atoms with E-state index in [1.54, 1.807) is 6.07 Å². The molecule has 1 unspecified atom stereocenters. The third-order valence-electron chi connectivity index (χ3n) is 2.55. The highest BCUT2D eigenvalue weighted by Crippen LogP contribution is 2.06. The molecule has 1 aromatic heterocycles. The van der Waals surface area contributed by atoms with Crippen LogP contribution in [0.1, 0.15) is 25.8 Å². The zero-order valence-electron chi connectivity index (χ0n) is 10.5. The van der Waals surface area contributed by atoms with Gasteiger partial charge in [-0.2, -0.15) is 0 Å². The van der Waals surface area contributed by atoms with Crippen LogP contribution in [0, 0.1) is 5.92 Å². The number of furan rings is 1. The van der Waals surface area contributed by atoms with E-state index >= 15 is 0 Å². The summed E-state index contributed by atoms with van der Waals surface area (Å²) >= 11 is 0. The molecule has 0 aliphatic rings. The molecule has 0 bridgehead atoms. The van der Waals surface area contributed by atoms with Crippen molar-refractivity contribution in [1.29, 1.82) is 0 Å². The van der Waals surface area contributed by atoms with Crippen molar-refractivity contribution in [3.8, 4) is 0 Å². The predicted molar refractivity (Wildman–Crippen MR) is 65.0 cm³/mol. The summed E-state index contributed by atoms with van der Waals surface area (Å²) < 4.78 is 4.87. The Morgan fingerprint density at radius 1 is 1.44 bits per heavy atom. The molecular weight excluding hydrogens is 236 g/mol. The molecule has 1 rings (SSSR count). The van der Waals surface area contributed by atoms with Crippen molar-refractivity contribution in [3.63, 3.8) is 0 Å². The summed E-state index contributed by atoms with van der Waals surface area (Å²) in [6, 6.07) is 0.986. The Morgan fingerprint density at radius 3 is 2.67 bits per heavy atom. The minimum absolute atomic E-state index is 0.0563. The quantitative estimate of drug-likeness (QED) is 0.718. The highest BCUT2D eigenvalue weighted by atomic mass is 16.4. The molecule has 0 spiro atoms. The smallest absolute Gasteiger partial charge is 0.315 e. The molecule has 100 valence electrons. The molecule has 6 nitrogen and oxygen atoms in total. The summed E-state index contributed by atoms with van der Waals surface area (Å²) in [5.41, 5.74) is 0.851. The lowest BCUT2D eigenvalue weighted by Crippen LogP contribution is -2.45. The third-order valence-corrected chi connectivity index (χ3v) is 2.55. The van der Waals surface area contributed by atoms with Crippen LogP contribution in [-0.2, 0) is 11.3 Å².